The lowest BCUT2D eigenvalue weighted by atomic mass is 9.92. The van der Waals surface area contributed by atoms with Crippen molar-refractivity contribution in [1.29, 1.82) is 0 Å². The maximum Gasteiger partial charge on any atom is 0.305 e. The summed E-state index contributed by atoms with van der Waals surface area (Å²) in [6, 6.07) is 0. The molecule has 4 nitrogen and oxygen atoms in total. The summed E-state index contributed by atoms with van der Waals surface area (Å²) in [4.78, 5) is 13.0. The number of aliphatic carboxylic acids is 1. The fourth-order valence-corrected chi connectivity index (χ4v) is 1.89. The van der Waals surface area contributed by atoms with Crippen molar-refractivity contribution in [2.45, 2.75) is 32.2 Å². The molecule has 0 aliphatic carbocycles. The van der Waals surface area contributed by atoms with Crippen LogP contribution in [0.1, 0.15) is 26.7 Å². The van der Waals surface area contributed by atoms with Crippen LogP contribution in [0.4, 0.5) is 0 Å². The number of carboxylic acid groups (broad SMARTS) is 1. The highest BCUT2D eigenvalue weighted by Crippen LogP contribution is 2.24. The van der Waals surface area contributed by atoms with E-state index >= 15 is 0 Å². The highest BCUT2D eigenvalue weighted by atomic mass is 16.5. The fraction of sp³-hybridized carbons (Fsp3) is 0.900. The van der Waals surface area contributed by atoms with Crippen LogP contribution in [0.15, 0.2) is 0 Å². The van der Waals surface area contributed by atoms with Gasteiger partial charge < -0.3 is 9.84 Å². The van der Waals surface area contributed by atoms with E-state index in [0.717, 1.165) is 32.7 Å². The summed E-state index contributed by atoms with van der Waals surface area (Å²) in [5, 5.41) is 8.85. The van der Waals surface area contributed by atoms with E-state index in [1.807, 2.05) is 13.8 Å². The molecule has 0 saturated carbocycles. The molecule has 1 rings (SSSR count). The normalized spacial score (nSPS) is 23.0. The first-order valence-electron chi connectivity index (χ1n) is 5.13. The molecule has 14 heavy (non-hydrogen) atoms. The first-order valence-corrected chi connectivity index (χ1v) is 5.13. The molecule has 1 aliphatic heterocycles. The summed E-state index contributed by atoms with van der Waals surface area (Å²) in [5.41, 5.74) is -0.213. The summed E-state index contributed by atoms with van der Waals surface area (Å²) in [7, 11) is 0. The third kappa shape index (κ3) is 2.69. The van der Waals surface area contributed by atoms with Gasteiger partial charge in [-0.2, -0.15) is 0 Å². The smallest absolute Gasteiger partial charge is 0.305 e. The standard InChI is InChI=1S/C10H19NO3/c1-3-10(2,8-9(12)13)11-4-6-14-7-5-11/h3-8H2,1-2H3,(H,12,13). The van der Waals surface area contributed by atoms with Crippen LogP contribution in [0.25, 0.3) is 0 Å². The Labute approximate surface area is 84.8 Å². The van der Waals surface area contributed by atoms with Crippen LogP contribution in [0.2, 0.25) is 0 Å². The molecule has 0 aromatic heterocycles. The average molecular weight is 201 g/mol. The van der Waals surface area contributed by atoms with Crippen LogP contribution in [0.5, 0.6) is 0 Å². The van der Waals surface area contributed by atoms with Gasteiger partial charge in [0.1, 0.15) is 0 Å². The molecule has 1 fully saturated rings. The fourth-order valence-electron chi connectivity index (χ4n) is 1.89. The Morgan fingerprint density at radius 1 is 1.50 bits per heavy atom. The molecule has 0 aromatic rings. The lowest BCUT2D eigenvalue weighted by Crippen LogP contribution is -2.52. The summed E-state index contributed by atoms with van der Waals surface area (Å²) in [6.07, 6.45) is 1.07. The van der Waals surface area contributed by atoms with E-state index in [1.165, 1.54) is 0 Å². The second-order valence-corrected chi connectivity index (χ2v) is 4.02. The molecule has 0 amide bonds. The van der Waals surface area contributed by atoms with Gasteiger partial charge in [0.05, 0.1) is 19.6 Å². The monoisotopic (exact) mass is 201 g/mol. The number of ether oxygens (including phenoxy) is 1. The van der Waals surface area contributed by atoms with Crippen LogP contribution in [0.3, 0.4) is 0 Å². The Hall–Kier alpha value is -0.610. The molecular formula is C10H19NO3. The number of hydrogen-bond donors (Lipinski definition) is 1. The van der Waals surface area contributed by atoms with E-state index in [-0.39, 0.29) is 12.0 Å². The number of rotatable bonds is 4. The molecule has 4 heteroatoms. The SMILES string of the molecule is CCC(C)(CC(=O)O)N1CCOCC1. The number of morpholine rings is 1. The lowest BCUT2D eigenvalue weighted by Gasteiger charge is -2.42. The maximum atomic E-state index is 10.8. The Morgan fingerprint density at radius 2 is 2.07 bits per heavy atom. The topological polar surface area (TPSA) is 49.8 Å². The van der Waals surface area contributed by atoms with Crippen LogP contribution in [-0.2, 0) is 9.53 Å². The quantitative estimate of drug-likeness (QED) is 0.736. The van der Waals surface area contributed by atoms with Gasteiger partial charge in [0.15, 0.2) is 0 Å². The molecule has 0 bridgehead atoms. The number of carboxylic acids is 1. The number of nitrogens with zero attached hydrogens (tertiary/aromatic N) is 1. The van der Waals surface area contributed by atoms with Crippen molar-refractivity contribution in [1.82, 2.24) is 4.90 Å². The van der Waals surface area contributed by atoms with Crippen LogP contribution >= 0.6 is 0 Å². The molecule has 0 aromatic carbocycles. The van der Waals surface area contributed by atoms with E-state index in [1.54, 1.807) is 0 Å². The molecule has 1 atom stereocenters. The van der Waals surface area contributed by atoms with E-state index in [9.17, 15) is 4.79 Å². The summed E-state index contributed by atoms with van der Waals surface area (Å²) in [5.74, 6) is -0.721. The predicted molar refractivity (Wildman–Crippen MR) is 53.3 cm³/mol. The van der Waals surface area contributed by atoms with Gasteiger partial charge in [-0.05, 0) is 13.3 Å². The Morgan fingerprint density at radius 3 is 2.50 bits per heavy atom. The molecule has 1 unspecified atom stereocenters. The summed E-state index contributed by atoms with van der Waals surface area (Å²) in [6.45, 7) is 7.19. The first-order chi connectivity index (χ1) is 6.58. The van der Waals surface area contributed by atoms with Gasteiger partial charge in [0, 0.05) is 18.6 Å². The molecule has 1 saturated heterocycles. The van der Waals surface area contributed by atoms with E-state index in [4.69, 9.17) is 9.84 Å². The molecule has 1 aliphatic rings. The number of carbonyl (C=O) groups is 1. The molecule has 1 N–H and O–H groups in total. The van der Waals surface area contributed by atoms with E-state index in [0.29, 0.717) is 0 Å². The van der Waals surface area contributed by atoms with Crippen molar-refractivity contribution >= 4 is 5.97 Å². The van der Waals surface area contributed by atoms with Crippen molar-refractivity contribution in [2.75, 3.05) is 26.3 Å². The van der Waals surface area contributed by atoms with E-state index < -0.39 is 5.97 Å². The van der Waals surface area contributed by atoms with E-state index in [2.05, 4.69) is 4.90 Å². The Balaban J connectivity index is 2.61. The van der Waals surface area contributed by atoms with Crippen molar-refractivity contribution in [3.05, 3.63) is 0 Å². The first kappa shape index (κ1) is 11.5. The van der Waals surface area contributed by atoms with Gasteiger partial charge in [-0.15, -0.1) is 0 Å². The van der Waals surface area contributed by atoms with Gasteiger partial charge in [-0.1, -0.05) is 6.92 Å². The average Bonchev–Trinajstić information content (AvgIpc) is 2.18. The Bertz CT molecular complexity index is 202. The minimum atomic E-state index is -0.721. The largest absolute Gasteiger partial charge is 0.481 e. The zero-order valence-electron chi connectivity index (χ0n) is 8.95. The summed E-state index contributed by atoms with van der Waals surface area (Å²) >= 11 is 0. The van der Waals surface area contributed by atoms with Gasteiger partial charge in [-0.3, -0.25) is 9.69 Å². The van der Waals surface area contributed by atoms with Crippen molar-refractivity contribution in [3.63, 3.8) is 0 Å². The maximum absolute atomic E-state index is 10.8. The molecule has 0 radical (unpaired) electrons. The van der Waals surface area contributed by atoms with Gasteiger partial charge in [0.25, 0.3) is 0 Å². The zero-order chi connectivity index (χ0) is 10.6. The van der Waals surface area contributed by atoms with Crippen molar-refractivity contribution in [3.8, 4) is 0 Å². The minimum absolute atomic E-state index is 0.212. The second-order valence-electron chi connectivity index (χ2n) is 4.02. The van der Waals surface area contributed by atoms with Gasteiger partial charge in [-0.25, -0.2) is 0 Å². The zero-order valence-corrected chi connectivity index (χ0v) is 8.95. The van der Waals surface area contributed by atoms with Gasteiger partial charge in [0.2, 0.25) is 0 Å². The van der Waals surface area contributed by atoms with Crippen molar-refractivity contribution in [2.24, 2.45) is 0 Å². The minimum Gasteiger partial charge on any atom is -0.481 e. The van der Waals surface area contributed by atoms with Crippen LogP contribution in [0, 0.1) is 0 Å². The molecule has 82 valence electrons. The summed E-state index contributed by atoms with van der Waals surface area (Å²) < 4.78 is 5.26. The van der Waals surface area contributed by atoms with Crippen LogP contribution in [-0.4, -0.2) is 47.8 Å². The number of hydrogen-bond acceptors (Lipinski definition) is 3. The van der Waals surface area contributed by atoms with Crippen LogP contribution < -0.4 is 0 Å². The molecule has 1 heterocycles. The highest BCUT2D eigenvalue weighted by Gasteiger charge is 2.33. The van der Waals surface area contributed by atoms with Gasteiger partial charge >= 0.3 is 5.97 Å². The molecule has 0 spiro atoms. The second kappa shape index (κ2) is 4.75. The molecular weight excluding hydrogens is 182 g/mol. The third-order valence-corrected chi connectivity index (χ3v) is 3.07. The lowest BCUT2D eigenvalue weighted by molar-refractivity contribution is -0.141. The third-order valence-electron chi connectivity index (χ3n) is 3.07. The Kier molecular flexibility index (Phi) is 3.89. The highest BCUT2D eigenvalue weighted by molar-refractivity contribution is 5.68. The van der Waals surface area contributed by atoms with Crippen molar-refractivity contribution < 1.29 is 14.6 Å². The predicted octanol–water partition coefficient (Wildman–Crippen LogP) is 0.962.